The molecule has 0 bridgehead atoms. The minimum Gasteiger partial charge on any atom is -0.300 e. The van der Waals surface area contributed by atoms with Gasteiger partial charge in [-0.1, -0.05) is 31.9 Å². The Kier molecular flexibility index (Phi) is 7.11. The van der Waals surface area contributed by atoms with Gasteiger partial charge in [0.15, 0.2) is 0 Å². The lowest BCUT2D eigenvalue weighted by molar-refractivity contribution is -0.116. The molecule has 1 heteroatoms. The zero-order valence-electron chi connectivity index (χ0n) is 7.60. The highest BCUT2D eigenvalue weighted by Crippen LogP contribution is 1.99. The Morgan fingerprint density at radius 3 is 2.55 bits per heavy atom. The van der Waals surface area contributed by atoms with Gasteiger partial charge < -0.3 is 0 Å². The fraction of sp³-hybridized carbons (Fsp3) is 0.700. The average molecular weight is 154 g/mol. The minimum absolute atomic E-state index is 0.247. The lowest BCUT2D eigenvalue weighted by Crippen LogP contribution is -1.83. The molecule has 0 aliphatic rings. The van der Waals surface area contributed by atoms with Crippen molar-refractivity contribution in [3.8, 4) is 0 Å². The molecule has 0 amide bonds. The van der Waals surface area contributed by atoms with Gasteiger partial charge in [0.2, 0.25) is 0 Å². The third-order valence-electron chi connectivity index (χ3n) is 1.55. The second-order valence-electron chi connectivity index (χ2n) is 2.87. The van der Waals surface area contributed by atoms with Crippen molar-refractivity contribution in [1.82, 2.24) is 0 Å². The number of hydrogen-bond donors (Lipinski definition) is 0. The molecule has 0 aliphatic carbocycles. The lowest BCUT2D eigenvalue weighted by Gasteiger charge is -1.90. The van der Waals surface area contributed by atoms with Crippen LogP contribution in [0, 0.1) is 0 Å². The molecular weight excluding hydrogens is 136 g/mol. The van der Waals surface area contributed by atoms with Crippen molar-refractivity contribution in [2.45, 2.75) is 46.0 Å². The monoisotopic (exact) mass is 154 g/mol. The highest BCUT2D eigenvalue weighted by atomic mass is 16.1. The third-order valence-corrected chi connectivity index (χ3v) is 1.55. The predicted molar refractivity (Wildman–Crippen MR) is 48.6 cm³/mol. The van der Waals surface area contributed by atoms with Crippen molar-refractivity contribution in [3.05, 3.63) is 12.2 Å². The Labute approximate surface area is 69.5 Å². The molecule has 0 aromatic rings. The molecule has 0 saturated carbocycles. The molecule has 64 valence electrons. The summed E-state index contributed by atoms with van der Waals surface area (Å²) in [6, 6.07) is 0. The predicted octanol–water partition coefficient (Wildman–Crippen LogP) is 3.10. The van der Waals surface area contributed by atoms with Crippen LogP contribution in [0.3, 0.4) is 0 Å². The standard InChI is InChI=1S/C10H18O/c1-3-4-5-6-7-8-9-10(2)11/h7-8H,3-6,9H2,1-2H3/b8-7+. The summed E-state index contributed by atoms with van der Waals surface area (Å²) in [5.74, 6) is 0.247. The van der Waals surface area contributed by atoms with E-state index >= 15 is 0 Å². The van der Waals surface area contributed by atoms with E-state index in [2.05, 4.69) is 13.0 Å². The fourth-order valence-electron chi connectivity index (χ4n) is 0.879. The van der Waals surface area contributed by atoms with Gasteiger partial charge in [0.25, 0.3) is 0 Å². The summed E-state index contributed by atoms with van der Waals surface area (Å²) < 4.78 is 0. The van der Waals surface area contributed by atoms with Crippen LogP contribution in [0.15, 0.2) is 12.2 Å². The third kappa shape index (κ3) is 9.41. The topological polar surface area (TPSA) is 17.1 Å². The minimum atomic E-state index is 0.247. The van der Waals surface area contributed by atoms with Crippen molar-refractivity contribution >= 4 is 5.78 Å². The average Bonchev–Trinajstić information content (AvgIpc) is 1.96. The second kappa shape index (κ2) is 7.52. The molecule has 0 N–H and O–H groups in total. The Morgan fingerprint density at radius 1 is 1.27 bits per heavy atom. The van der Waals surface area contributed by atoms with E-state index in [0.29, 0.717) is 6.42 Å². The van der Waals surface area contributed by atoms with E-state index < -0.39 is 0 Å². The number of carbonyl (C=O) groups excluding carboxylic acids is 1. The zero-order chi connectivity index (χ0) is 8.53. The second-order valence-corrected chi connectivity index (χ2v) is 2.87. The molecule has 0 aromatic carbocycles. The first-order valence-electron chi connectivity index (χ1n) is 4.41. The van der Waals surface area contributed by atoms with Gasteiger partial charge in [-0.25, -0.2) is 0 Å². The number of unbranched alkanes of at least 4 members (excludes halogenated alkanes) is 3. The summed E-state index contributed by atoms with van der Waals surface area (Å²) in [6.45, 7) is 3.82. The summed E-state index contributed by atoms with van der Waals surface area (Å²) in [4.78, 5) is 10.5. The van der Waals surface area contributed by atoms with Crippen LogP contribution >= 0.6 is 0 Å². The summed E-state index contributed by atoms with van der Waals surface area (Å²) >= 11 is 0. The van der Waals surface area contributed by atoms with Crippen molar-refractivity contribution < 1.29 is 4.79 Å². The molecule has 1 nitrogen and oxygen atoms in total. The highest BCUT2D eigenvalue weighted by Gasteiger charge is 1.85. The van der Waals surface area contributed by atoms with Gasteiger partial charge in [-0.2, -0.15) is 0 Å². The maximum absolute atomic E-state index is 10.5. The number of rotatable bonds is 6. The lowest BCUT2D eigenvalue weighted by atomic mass is 10.2. The van der Waals surface area contributed by atoms with Crippen LogP contribution in [0.2, 0.25) is 0 Å². The van der Waals surface area contributed by atoms with Crippen molar-refractivity contribution in [2.24, 2.45) is 0 Å². The molecule has 0 radical (unpaired) electrons. The SMILES string of the molecule is CCCCC/C=C/CC(C)=O. The van der Waals surface area contributed by atoms with Gasteiger partial charge in [0.1, 0.15) is 5.78 Å². The molecule has 0 spiro atoms. The smallest absolute Gasteiger partial charge is 0.133 e. The summed E-state index contributed by atoms with van der Waals surface area (Å²) in [5, 5.41) is 0. The number of allylic oxidation sites excluding steroid dienone is 2. The number of carbonyl (C=O) groups is 1. The van der Waals surface area contributed by atoms with Crippen molar-refractivity contribution in [2.75, 3.05) is 0 Å². The summed E-state index contributed by atoms with van der Waals surface area (Å²) in [5.41, 5.74) is 0. The van der Waals surface area contributed by atoms with Crippen LogP contribution in [0.5, 0.6) is 0 Å². The van der Waals surface area contributed by atoms with Crippen LogP contribution in [-0.4, -0.2) is 5.78 Å². The van der Waals surface area contributed by atoms with Crippen LogP contribution < -0.4 is 0 Å². The molecule has 0 heterocycles. The molecule has 0 saturated heterocycles. The van der Waals surface area contributed by atoms with Crippen molar-refractivity contribution in [1.29, 1.82) is 0 Å². The first kappa shape index (κ1) is 10.4. The van der Waals surface area contributed by atoms with E-state index in [1.807, 2.05) is 6.08 Å². The maximum atomic E-state index is 10.5. The van der Waals surface area contributed by atoms with Gasteiger partial charge in [-0.05, 0) is 19.8 Å². The van der Waals surface area contributed by atoms with E-state index in [9.17, 15) is 4.79 Å². The summed E-state index contributed by atoms with van der Waals surface area (Å²) in [6.07, 6.45) is 9.62. The Balaban J connectivity index is 3.10. The Morgan fingerprint density at radius 2 is 2.00 bits per heavy atom. The number of ketones is 1. The van der Waals surface area contributed by atoms with Gasteiger partial charge >= 0.3 is 0 Å². The largest absolute Gasteiger partial charge is 0.300 e. The first-order valence-corrected chi connectivity index (χ1v) is 4.41. The molecule has 0 fully saturated rings. The maximum Gasteiger partial charge on any atom is 0.133 e. The quantitative estimate of drug-likeness (QED) is 0.424. The molecular formula is C10H18O. The first-order chi connectivity index (χ1) is 5.27. The van der Waals surface area contributed by atoms with E-state index in [4.69, 9.17) is 0 Å². The molecule has 11 heavy (non-hydrogen) atoms. The number of hydrogen-bond acceptors (Lipinski definition) is 1. The number of Topliss-reactive ketones (excluding diaryl/α,β-unsaturated/α-hetero) is 1. The zero-order valence-corrected chi connectivity index (χ0v) is 7.60. The molecule has 0 rings (SSSR count). The molecule has 0 aromatic heterocycles. The van der Waals surface area contributed by atoms with Crippen molar-refractivity contribution in [3.63, 3.8) is 0 Å². The molecule has 0 unspecified atom stereocenters. The van der Waals surface area contributed by atoms with Crippen LogP contribution in [0.4, 0.5) is 0 Å². The van der Waals surface area contributed by atoms with Gasteiger partial charge in [0.05, 0.1) is 0 Å². The van der Waals surface area contributed by atoms with E-state index in [-0.39, 0.29) is 5.78 Å². The molecule has 0 aliphatic heterocycles. The van der Waals surface area contributed by atoms with E-state index in [1.165, 1.54) is 19.3 Å². The van der Waals surface area contributed by atoms with E-state index in [1.54, 1.807) is 6.92 Å². The van der Waals surface area contributed by atoms with Gasteiger partial charge in [-0.3, -0.25) is 4.79 Å². The van der Waals surface area contributed by atoms with Crippen LogP contribution in [0.1, 0.15) is 46.0 Å². The Bertz CT molecular complexity index is 125. The summed E-state index contributed by atoms with van der Waals surface area (Å²) in [7, 11) is 0. The fourth-order valence-corrected chi connectivity index (χ4v) is 0.879. The van der Waals surface area contributed by atoms with Crippen LogP contribution in [-0.2, 0) is 4.79 Å². The molecule has 0 atom stereocenters. The van der Waals surface area contributed by atoms with E-state index in [0.717, 1.165) is 6.42 Å². The normalized spacial score (nSPS) is 10.7. The Hall–Kier alpha value is -0.590. The van der Waals surface area contributed by atoms with Crippen LogP contribution in [0.25, 0.3) is 0 Å². The van der Waals surface area contributed by atoms with Gasteiger partial charge in [-0.15, -0.1) is 0 Å². The van der Waals surface area contributed by atoms with Gasteiger partial charge in [0, 0.05) is 6.42 Å². The highest BCUT2D eigenvalue weighted by molar-refractivity contribution is 5.76.